The van der Waals surface area contributed by atoms with Gasteiger partial charge >= 0.3 is 12.3 Å². The third kappa shape index (κ3) is 4.02. The van der Waals surface area contributed by atoms with Gasteiger partial charge in [-0.15, -0.1) is 0 Å². The zero-order chi connectivity index (χ0) is 17.2. The number of nitrogens with one attached hydrogen (secondary N) is 1. The topological polar surface area (TPSA) is 95.7 Å². The Balaban J connectivity index is 2.14. The highest BCUT2D eigenvalue weighted by Crippen LogP contribution is 2.35. The number of hydrogen-bond acceptors (Lipinski definition) is 4. The number of alkyl halides is 3. The minimum atomic E-state index is -4.66. The van der Waals surface area contributed by atoms with Crippen LogP contribution in [0, 0.1) is 10.1 Å². The first-order valence-corrected chi connectivity index (χ1v) is 6.78. The van der Waals surface area contributed by atoms with E-state index in [9.17, 15) is 28.1 Å². The summed E-state index contributed by atoms with van der Waals surface area (Å²) in [6.45, 7) is 0.531. The van der Waals surface area contributed by atoms with Crippen LogP contribution in [0.4, 0.5) is 29.3 Å². The molecule has 2 rings (SSSR count). The Kier molecular flexibility index (Phi) is 4.62. The van der Waals surface area contributed by atoms with Gasteiger partial charge in [0.25, 0.3) is 5.69 Å². The molecule has 0 unspecified atom stereocenters. The van der Waals surface area contributed by atoms with Crippen LogP contribution in [-0.4, -0.2) is 40.2 Å². The van der Waals surface area contributed by atoms with Crippen molar-refractivity contribution in [2.24, 2.45) is 0 Å². The minimum absolute atomic E-state index is 0.00299. The molecule has 1 aliphatic rings. The molecule has 23 heavy (non-hydrogen) atoms. The largest absolute Gasteiger partial charge is 0.465 e. The van der Waals surface area contributed by atoms with Gasteiger partial charge < -0.3 is 15.3 Å². The molecule has 1 aromatic rings. The number of nitro groups is 1. The molecule has 0 saturated carbocycles. The molecule has 1 fully saturated rings. The maximum atomic E-state index is 12.6. The van der Waals surface area contributed by atoms with Crippen LogP contribution in [-0.2, 0) is 6.18 Å². The fraction of sp³-hybridized carbons (Fsp3) is 0.462. The van der Waals surface area contributed by atoms with Gasteiger partial charge in [0.1, 0.15) is 5.69 Å². The lowest BCUT2D eigenvalue weighted by Gasteiger charge is -2.30. The summed E-state index contributed by atoms with van der Waals surface area (Å²) in [5, 5.41) is 22.7. The van der Waals surface area contributed by atoms with Gasteiger partial charge in [-0.3, -0.25) is 10.1 Å². The molecule has 0 aliphatic carbocycles. The number of nitrogens with zero attached hydrogens (tertiary/aromatic N) is 2. The summed E-state index contributed by atoms with van der Waals surface area (Å²) >= 11 is 0. The first-order chi connectivity index (χ1) is 10.7. The van der Waals surface area contributed by atoms with E-state index >= 15 is 0 Å². The highest BCUT2D eigenvalue weighted by Gasteiger charge is 2.33. The lowest BCUT2D eigenvalue weighted by molar-refractivity contribution is -0.384. The van der Waals surface area contributed by atoms with Crippen LogP contribution in [0.5, 0.6) is 0 Å². The van der Waals surface area contributed by atoms with Crippen LogP contribution in [0.15, 0.2) is 18.2 Å². The Morgan fingerprint density at radius 3 is 2.43 bits per heavy atom. The highest BCUT2D eigenvalue weighted by molar-refractivity contribution is 5.65. The van der Waals surface area contributed by atoms with Gasteiger partial charge in [0.05, 0.1) is 10.5 Å². The number of likely N-dealkylation sites (tertiary alicyclic amines) is 1. The Bertz CT molecular complexity index is 613. The van der Waals surface area contributed by atoms with Crippen molar-refractivity contribution in [3.63, 3.8) is 0 Å². The monoisotopic (exact) mass is 333 g/mol. The van der Waals surface area contributed by atoms with Gasteiger partial charge in [0.2, 0.25) is 0 Å². The number of halogens is 3. The Morgan fingerprint density at radius 1 is 1.35 bits per heavy atom. The summed E-state index contributed by atoms with van der Waals surface area (Å²) in [7, 11) is 0. The normalized spacial score (nSPS) is 16.2. The Hall–Kier alpha value is -2.52. The molecule has 1 heterocycles. The Labute approximate surface area is 128 Å². The van der Waals surface area contributed by atoms with Crippen molar-refractivity contribution in [1.29, 1.82) is 0 Å². The summed E-state index contributed by atoms with van der Waals surface area (Å²) in [4.78, 5) is 22.2. The maximum absolute atomic E-state index is 12.6. The molecule has 1 saturated heterocycles. The van der Waals surface area contributed by atoms with Crippen LogP contribution < -0.4 is 5.32 Å². The van der Waals surface area contributed by atoms with Gasteiger partial charge in [-0.2, -0.15) is 13.2 Å². The van der Waals surface area contributed by atoms with Crippen LogP contribution in [0.3, 0.4) is 0 Å². The van der Waals surface area contributed by atoms with E-state index in [1.54, 1.807) is 0 Å². The predicted molar refractivity (Wildman–Crippen MR) is 74.3 cm³/mol. The number of rotatable bonds is 3. The third-order valence-electron chi connectivity index (χ3n) is 3.65. The van der Waals surface area contributed by atoms with Crippen LogP contribution in [0.1, 0.15) is 18.4 Å². The summed E-state index contributed by atoms with van der Waals surface area (Å²) in [6.07, 6.45) is -4.85. The molecule has 0 bridgehead atoms. The number of nitro benzene ring substituents is 1. The molecular weight excluding hydrogens is 319 g/mol. The quantitative estimate of drug-likeness (QED) is 0.654. The number of hydrogen-bond donors (Lipinski definition) is 2. The molecule has 1 amide bonds. The fourth-order valence-electron chi connectivity index (χ4n) is 2.42. The molecule has 0 spiro atoms. The maximum Gasteiger partial charge on any atom is 0.416 e. The zero-order valence-corrected chi connectivity index (χ0v) is 11.8. The Morgan fingerprint density at radius 2 is 1.96 bits per heavy atom. The number of anilines is 1. The number of amides is 1. The zero-order valence-electron chi connectivity index (χ0n) is 11.8. The van der Waals surface area contributed by atoms with E-state index in [0.29, 0.717) is 18.9 Å². The molecule has 126 valence electrons. The van der Waals surface area contributed by atoms with Gasteiger partial charge in [-0.05, 0) is 25.0 Å². The van der Waals surface area contributed by atoms with Gasteiger partial charge in [0.15, 0.2) is 0 Å². The average Bonchev–Trinajstić information content (AvgIpc) is 2.46. The van der Waals surface area contributed by atoms with E-state index in [0.717, 1.165) is 12.1 Å². The van der Waals surface area contributed by atoms with Crippen molar-refractivity contribution in [3.8, 4) is 0 Å². The molecule has 2 N–H and O–H groups in total. The standard InChI is InChI=1S/C13H14F3N3O4/c14-13(15,16)8-1-2-10(11(7-8)19(22)23)17-9-3-5-18(6-4-9)12(20)21/h1-2,7,9,17H,3-6H2,(H,20,21). The van der Waals surface area contributed by atoms with Crippen molar-refractivity contribution in [2.75, 3.05) is 18.4 Å². The first-order valence-electron chi connectivity index (χ1n) is 6.78. The fourth-order valence-corrected chi connectivity index (χ4v) is 2.42. The van der Waals surface area contributed by atoms with Crippen molar-refractivity contribution >= 4 is 17.5 Å². The van der Waals surface area contributed by atoms with E-state index < -0.39 is 28.4 Å². The lowest BCUT2D eigenvalue weighted by Crippen LogP contribution is -2.41. The molecule has 10 heteroatoms. The van der Waals surface area contributed by atoms with Crippen LogP contribution >= 0.6 is 0 Å². The predicted octanol–water partition coefficient (Wildman–Crippen LogP) is 3.17. The van der Waals surface area contributed by atoms with E-state index in [2.05, 4.69) is 5.32 Å². The van der Waals surface area contributed by atoms with Crippen molar-refractivity contribution in [1.82, 2.24) is 4.90 Å². The second-order valence-corrected chi connectivity index (χ2v) is 5.18. The number of benzene rings is 1. The average molecular weight is 333 g/mol. The van der Waals surface area contributed by atoms with Crippen molar-refractivity contribution in [3.05, 3.63) is 33.9 Å². The van der Waals surface area contributed by atoms with E-state index in [-0.39, 0.29) is 24.8 Å². The van der Waals surface area contributed by atoms with E-state index in [1.807, 2.05) is 0 Å². The molecule has 0 atom stereocenters. The summed E-state index contributed by atoms with van der Waals surface area (Å²) in [5.74, 6) is 0. The SMILES string of the molecule is O=C(O)N1CCC(Nc2ccc(C(F)(F)F)cc2[N+](=O)[O-])CC1. The smallest absolute Gasteiger partial charge is 0.416 e. The molecule has 0 radical (unpaired) electrons. The third-order valence-corrected chi connectivity index (χ3v) is 3.65. The van der Waals surface area contributed by atoms with Crippen molar-refractivity contribution < 1.29 is 28.0 Å². The second kappa shape index (κ2) is 6.31. The van der Waals surface area contributed by atoms with E-state index in [4.69, 9.17) is 5.11 Å². The first kappa shape index (κ1) is 16.8. The highest BCUT2D eigenvalue weighted by atomic mass is 19.4. The molecular formula is C13H14F3N3O4. The number of carboxylic acid groups (broad SMARTS) is 1. The molecule has 1 aromatic carbocycles. The lowest BCUT2D eigenvalue weighted by atomic mass is 10.0. The summed E-state index contributed by atoms with van der Waals surface area (Å²) < 4.78 is 37.9. The number of piperidine rings is 1. The summed E-state index contributed by atoms with van der Waals surface area (Å²) in [5.41, 5.74) is -1.74. The molecule has 0 aromatic heterocycles. The van der Waals surface area contributed by atoms with Gasteiger partial charge in [-0.25, -0.2) is 4.79 Å². The summed E-state index contributed by atoms with van der Waals surface area (Å²) in [6, 6.07) is 2.07. The molecule has 7 nitrogen and oxygen atoms in total. The van der Waals surface area contributed by atoms with Gasteiger partial charge in [-0.1, -0.05) is 0 Å². The number of carbonyl (C=O) groups is 1. The van der Waals surface area contributed by atoms with Crippen molar-refractivity contribution in [2.45, 2.75) is 25.1 Å². The molecule has 1 aliphatic heterocycles. The van der Waals surface area contributed by atoms with Gasteiger partial charge in [0, 0.05) is 25.2 Å². The second-order valence-electron chi connectivity index (χ2n) is 5.18. The van der Waals surface area contributed by atoms with E-state index in [1.165, 1.54) is 4.90 Å². The van der Waals surface area contributed by atoms with Crippen LogP contribution in [0.25, 0.3) is 0 Å². The minimum Gasteiger partial charge on any atom is -0.465 e. The van der Waals surface area contributed by atoms with Crippen LogP contribution in [0.2, 0.25) is 0 Å².